The summed E-state index contributed by atoms with van der Waals surface area (Å²) in [6, 6.07) is 1.99. The van der Waals surface area contributed by atoms with Crippen molar-refractivity contribution in [1.29, 1.82) is 0 Å². The molecule has 0 saturated heterocycles. The number of furan rings is 1. The van der Waals surface area contributed by atoms with Crippen LogP contribution in [0.4, 0.5) is 0 Å². The van der Waals surface area contributed by atoms with Crippen molar-refractivity contribution < 1.29 is 9.52 Å². The lowest BCUT2D eigenvalue weighted by Crippen LogP contribution is -2.25. The third kappa shape index (κ3) is 2.13. The highest BCUT2D eigenvalue weighted by Gasteiger charge is 2.23. The molecule has 1 aliphatic rings. The molecule has 1 aromatic heterocycles. The summed E-state index contributed by atoms with van der Waals surface area (Å²) in [6.45, 7) is 0. The molecule has 2 nitrogen and oxygen atoms in total. The van der Waals surface area contributed by atoms with Gasteiger partial charge in [-0.2, -0.15) is 0 Å². The van der Waals surface area contributed by atoms with E-state index in [0.29, 0.717) is 5.92 Å². The lowest BCUT2D eigenvalue weighted by molar-refractivity contribution is 0.0699. The summed E-state index contributed by atoms with van der Waals surface area (Å²) in [5.41, 5.74) is 1.21. The smallest absolute Gasteiger partial charge is 0.0934 e. The Morgan fingerprint density at radius 2 is 2.23 bits per heavy atom. The Morgan fingerprint density at radius 3 is 2.92 bits per heavy atom. The molecule has 1 heterocycles. The van der Waals surface area contributed by atoms with Crippen molar-refractivity contribution in [3.63, 3.8) is 0 Å². The highest BCUT2D eigenvalue weighted by molar-refractivity contribution is 5.07. The normalized spacial score (nSPS) is 29.0. The Morgan fingerprint density at radius 1 is 1.38 bits per heavy atom. The van der Waals surface area contributed by atoms with E-state index >= 15 is 0 Å². The van der Waals surface area contributed by atoms with E-state index in [1.807, 2.05) is 6.07 Å². The summed E-state index contributed by atoms with van der Waals surface area (Å²) in [5, 5.41) is 9.74. The van der Waals surface area contributed by atoms with E-state index in [1.165, 1.54) is 18.4 Å². The lowest BCUT2D eigenvalue weighted by Gasteiger charge is -2.26. The molecule has 72 valence electrons. The Balaban J connectivity index is 1.93. The van der Waals surface area contributed by atoms with Gasteiger partial charge >= 0.3 is 0 Å². The molecule has 0 amide bonds. The Bertz CT molecular complexity index is 241. The maximum Gasteiger partial charge on any atom is 0.0934 e. The summed E-state index contributed by atoms with van der Waals surface area (Å²) < 4.78 is 5.01. The standard InChI is InChI=1S/C11H16O2/c12-11-4-2-1-3-10(11)7-9-5-6-13-8-9/h5-6,8,10-12H,1-4,7H2. The molecule has 0 radical (unpaired) electrons. The van der Waals surface area contributed by atoms with Crippen LogP contribution in [0.15, 0.2) is 23.0 Å². The second kappa shape index (κ2) is 3.97. The zero-order chi connectivity index (χ0) is 9.10. The number of aliphatic hydroxyl groups excluding tert-OH is 1. The summed E-state index contributed by atoms with van der Waals surface area (Å²) in [5.74, 6) is 0.450. The van der Waals surface area contributed by atoms with Gasteiger partial charge in [0.05, 0.1) is 18.6 Å². The summed E-state index contributed by atoms with van der Waals surface area (Å²) in [4.78, 5) is 0. The second-order valence-electron chi connectivity index (χ2n) is 3.95. The van der Waals surface area contributed by atoms with Gasteiger partial charge in [0.1, 0.15) is 0 Å². The molecular formula is C11H16O2. The molecule has 1 aromatic rings. The lowest BCUT2D eigenvalue weighted by atomic mass is 9.83. The van der Waals surface area contributed by atoms with Crippen molar-refractivity contribution in [2.24, 2.45) is 5.92 Å². The number of rotatable bonds is 2. The fourth-order valence-corrected chi connectivity index (χ4v) is 2.14. The van der Waals surface area contributed by atoms with Crippen molar-refractivity contribution in [1.82, 2.24) is 0 Å². The Labute approximate surface area is 78.6 Å². The first kappa shape index (κ1) is 8.82. The number of aliphatic hydroxyl groups is 1. The van der Waals surface area contributed by atoms with E-state index in [0.717, 1.165) is 19.3 Å². The van der Waals surface area contributed by atoms with Crippen LogP contribution >= 0.6 is 0 Å². The van der Waals surface area contributed by atoms with E-state index in [2.05, 4.69) is 0 Å². The van der Waals surface area contributed by atoms with Crippen molar-refractivity contribution in [2.75, 3.05) is 0 Å². The second-order valence-corrected chi connectivity index (χ2v) is 3.95. The van der Waals surface area contributed by atoms with Crippen LogP contribution in [0.2, 0.25) is 0 Å². The van der Waals surface area contributed by atoms with Gasteiger partial charge in [-0.15, -0.1) is 0 Å². The van der Waals surface area contributed by atoms with Gasteiger partial charge in [-0.3, -0.25) is 0 Å². The third-order valence-electron chi connectivity index (χ3n) is 2.95. The molecule has 1 aliphatic carbocycles. The van der Waals surface area contributed by atoms with Crippen LogP contribution < -0.4 is 0 Å². The average Bonchev–Trinajstić information content (AvgIpc) is 2.61. The van der Waals surface area contributed by atoms with Gasteiger partial charge in [-0.05, 0) is 36.8 Å². The molecule has 0 aliphatic heterocycles. The van der Waals surface area contributed by atoms with E-state index in [1.54, 1.807) is 12.5 Å². The largest absolute Gasteiger partial charge is 0.472 e. The van der Waals surface area contributed by atoms with Gasteiger partial charge < -0.3 is 9.52 Å². The zero-order valence-corrected chi connectivity index (χ0v) is 7.78. The number of hydrogen-bond donors (Lipinski definition) is 1. The van der Waals surface area contributed by atoms with E-state index in [4.69, 9.17) is 4.42 Å². The van der Waals surface area contributed by atoms with Crippen LogP contribution in [0.1, 0.15) is 31.2 Å². The molecule has 0 aromatic carbocycles. The van der Waals surface area contributed by atoms with Crippen molar-refractivity contribution in [3.05, 3.63) is 24.2 Å². The molecule has 0 bridgehead atoms. The first-order valence-electron chi connectivity index (χ1n) is 5.05. The van der Waals surface area contributed by atoms with Crippen LogP contribution in [0.25, 0.3) is 0 Å². The molecule has 0 spiro atoms. The highest BCUT2D eigenvalue weighted by Crippen LogP contribution is 2.27. The molecule has 1 saturated carbocycles. The SMILES string of the molecule is OC1CCCCC1Cc1ccoc1. The topological polar surface area (TPSA) is 33.4 Å². The number of hydrogen-bond acceptors (Lipinski definition) is 2. The van der Waals surface area contributed by atoms with Crippen LogP contribution in [0.5, 0.6) is 0 Å². The minimum Gasteiger partial charge on any atom is -0.472 e. The fourth-order valence-electron chi connectivity index (χ4n) is 2.14. The average molecular weight is 180 g/mol. The summed E-state index contributed by atoms with van der Waals surface area (Å²) in [6.07, 6.45) is 8.93. The quantitative estimate of drug-likeness (QED) is 0.758. The highest BCUT2D eigenvalue weighted by atomic mass is 16.3. The third-order valence-corrected chi connectivity index (χ3v) is 2.95. The summed E-state index contributed by atoms with van der Waals surface area (Å²) in [7, 11) is 0. The van der Waals surface area contributed by atoms with Gasteiger partial charge in [0, 0.05) is 0 Å². The molecule has 1 N–H and O–H groups in total. The predicted octanol–water partition coefficient (Wildman–Crippen LogP) is 2.37. The monoisotopic (exact) mass is 180 g/mol. The zero-order valence-electron chi connectivity index (χ0n) is 7.78. The maximum atomic E-state index is 9.74. The van der Waals surface area contributed by atoms with Crippen LogP contribution in [-0.4, -0.2) is 11.2 Å². The Hall–Kier alpha value is -0.760. The van der Waals surface area contributed by atoms with E-state index in [-0.39, 0.29) is 6.10 Å². The van der Waals surface area contributed by atoms with Crippen LogP contribution in [-0.2, 0) is 6.42 Å². The molecule has 2 rings (SSSR count). The minimum atomic E-state index is -0.0938. The van der Waals surface area contributed by atoms with Gasteiger partial charge in [0.25, 0.3) is 0 Å². The van der Waals surface area contributed by atoms with Gasteiger partial charge in [-0.1, -0.05) is 12.8 Å². The van der Waals surface area contributed by atoms with Crippen LogP contribution in [0.3, 0.4) is 0 Å². The first-order chi connectivity index (χ1) is 6.36. The maximum absolute atomic E-state index is 9.74. The minimum absolute atomic E-state index is 0.0938. The molecular weight excluding hydrogens is 164 g/mol. The molecule has 2 unspecified atom stereocenters. The van der Waals surface area contributed by atoms with Crippen LogP contribution in [0, 0.1) is 5.92 Å². The van der Waals surface area contributed by atoms with E-state index < -0.39 is 0 Å². The van der Waals surface area contributed by atoms with E-state index in [9.17, 15) is 5.11 Å². The fraction of sp³-hybridized carbons (Fsp3) is 0.636. The van der Waals surface area contributed by atoms with Crippen molar-refractivity contribution in [2.45, 2.75) is 38.2 Å². The van der Waals surface area contributed by atoms with Gasteiger partial charge in [0.2, 0.25) is 0 Å². The molecule has 2 heteroatoms. The molecule has 13 heavy (non-hydrogen) atoms. The molecule has 2 atom stereocenters. The van der Waals surface area contributed by atoms with Gasteiger partial charge in [0.15, 0.2) is 0 Å². The van der Waals surface area contributed by atoms with Gasteiger partial charge in [-0.25, -0.2) is 0 Å². The Kier molecular flexibility index (Phi) is 2.69. The van der Waals surface area contributed by atoms with Crippen molar-refractivity contribution in [3.8, 4) is 0 Å². The molecule has 1 fully saturated rings. The predicted molar refractivity (Wildman–Crippen MR) is 50.4 cm³/mol. The first-order valence-corrected chi connectivity index (χ1v) is 5.05. The summed E-state index contributed by atoms with van der Waals surface area (Å²) >= 11 is 0. The van der Waals surface area contributed by atoms with Crippen molar-refractivity contribution >= 4 is 0 Å².